The number of halogens is 2. The second kappa shape index (κ2) is 12.1. The summed E-state index contributed by atoms with van der Waals surface area (Å²) in [6.07, 6.45) is -0.0507. The molecule has 0 spiro atoms. The SMILES string of the molecule is O=C(CC1SC(=Nc2ccccc2)NC1=O)Nc1ccc(C(=O)OCC(=O)c2ccc(Cl)c(Cl)c2)cc1. The molecule has 8 nitrogen and oxygen atoms in total. The second-order valence-electron chi connectivity index (χ2n) is 7.81. The van der Waals surface area contributed by atoms with E-state index in [1.54, 1.807) is 0 Å². The molecule has 1 aliphatic rings. The Labute approximate surface area is 226 Å². The Morgan fingerprint density at radius 1 is 0.946 bits per heavy atom. The van der Waals surface area contributed by atoms with Crippen LogP contribution in [0, 0.1) is 0 Å². The third kappa shape index (κ3) is 7.19. The van der Waals surface area contributed by atoms with Gasteiger partial charge in [-0.05, 0) is 54.6 Å². The number of rotatable bonds is 8. The van der Waals surface area contributed by atoms with Crippen LogP contribution in [-0.4, -0.2) is 40.6 Å². The van der Waals surface area contributed by atoms with E-state index in [0.717, 1.165) is 0 Å². The minimum absolute atomic E-state index is 0.0507. The highest BCUT2D eigenvalue weighted by Crippen LogP contribution is 2.26. The molecule has 1 aliphatic heterocycles. The Hall–Kier alpha value is -3.66. The quantitative estimate of drug-likeness (QED) is 0.288. The fourth-order valence-corrected chi connectivity index (χ4v) is 4.54. The summed E-state index contributed by atoms with van der Waals surface area (Å²) >= 11 is 12.9. The maximum absolute atomic E-state index is 12.5. The van der Waals surface area contributed by atoms with Crippen molar-refractivity contribution in [3.8, 4) is 0 Å². The van der Waals surface area contributed by atoms with E-state index >= 15 is 0 Å². The molecule has 188 valence electrons. The van der Waals surface area contributed by atoms with Gasteiger partial charge in [-0.1, -0.05) is 53.2 Å². The molecular formula is C26H19Cl2N3O5S. The minimum atomic E-state index is -0.699. The van der Waals surface area contributed by atoms with Crippen molar-refractivity contribution in [1.29, 1.82) is 0 Å². The minimum Gasteiger partial charge on any atom is -0.454 e. The Morgan fingerprint density at radius 3 is 2.35 bits per heavy atom. The van der Waals surface area contributed by atoms with Gasteiger partial charge in [-0.2, -0.15) is 0 Å². The van der Waals surface area contributed by atoms with E-state index in [1.165, 1.54) is 54.2 Å². The third-order valence-electron chi connectivity index (χ3n) is 5.11. The lowest BCUT2D eigenvalue weighted by molar-refractivity contribution is -0.122. The summed E-state index contributed by atoms with van der Waals surface area (Å²) in [5.74, 6) is -1.78. The number of ketones is 1. The van der Waals surface area contributed by atoms with Crippen LogP contribution < -0.4 is 10.6 Å². The Balaban J connectivity index is 1.26. The molecule has 11 heteroatoms. The van der Waals surface area contributed by atoms with Crippen LogP contribution in [0.1, 0.15) is 27.1 Å². The van der Waals surface area contributed by atoms with Crippen molar-refractivity contribution >= 4 is 75.1 Å². The molecule has 37 heavy (non-hydrogen) atoms. The monoisotopic (exact) mass is 555 g/mol. The molecule has 4 rings (SSSR count). The number of nitrogens with zero attached hydrogens (tertiary/aromatic N) is 1. The summed E-state index contributed by atoms with van der Waals surface area (Å²) in [5, 5.41) is 5.76. The fraction of sp³-hybridized carbons (Fsp3) is 0.115. The molecule has 2 amide bonds. The van der Waals surface area contributed by atoms with Gasteiger partial charge in [0.1, 0.15) is 5.25 Å². The summed E-state index contributed by atoms with van der Waals surface area (Å²) in [7, 11) is 0. The number of esters is 1. The van der Waals surface area contributed by atoms with Crippen molar-refractivity contribution in [2.75, 3.05) is 11.9 Å². The van der Waals surface area contributed by atoms with Crippen molar-refractivity contribution in [1.82, 2.24) is 5.32 Å². The molecular weight excluding hydrogens is 537 g/mol. The number of thioether (sulfide) groups is 1. The average Bonchev–Trinajstić information content (AvgIpc) is 3.22. The number of Topliss-reactive ketones (excluding diaryl/α,β-unsaturated/α-hetero) is 1. The topological polar surface area (TPSA) is 114 Å². The smallest absolute Gasteiger partial charge is 0.338 e. The van der Waals surface area contributed by atoms with E-state index in [4.69, 9.17) is 27.9 Å². The lowest BCUT2D eigenvalue weighted by Crippen LogP contribution is -2.28. The molecule has 0 saturated carbocycles. The third-order valence-corrected chi connectivity index (χ3v) is 6.94. The number of carbonyl (C=O) groups is 4. The lowest BCUT2D eigenvalue weighted by Gasteiger charge is -2.09. The first-order chi connectivity index (χ1) is 17.8. The average molecular weight is 556 g/mol. The zero-order valence-electron chi connectivity index (χ0n) is 19.1. The van der Waals surface area contributed by atoms with E-state index < -0.39 is 23.6 Å². The van der Waals surface area contributed by atoms with Gasteiger partial charge in [0, 0.05) is 17.7 Å². The first-order valence-electron chi connectivity index (χ1n) is 10.9. The number of hydrogen-bond donors (Lipinski definition) is 2. The molecule has 1 unspecified atom stereocenters. The van der Waals surface area contributed by atoms with E-state index in [-0.39, 0.29) is 34.4 Å². The highest BCUT2D eigenvalue weighted by atomic mass is 35.5. The molecule has 3 aromatic carbocycles. The van der Waals surface area contributed by atoms with Gasteiger partial charge < -0.3 is 15.4 Å². The van der Waals surface area contributed by atoms with Crippen LogP contribution in [-0.2, 0) is 14.3 Å². The number of hydrogen-bond acceptors (Lipinski definition) is 7. The molecule has 0 aliphatic carbocycles. The summed E-state index contributed by atoms with van der Waals surface area (Å²) in [4.78, 5) is 53.6. The fourth-order valence-electron chi connectivity index (χ4n) is 3.25. The number of amidine groups is 1. The Bertz CT molecular complexity index is 1380. The molecule has 1 saturated heterocycles. The molecule has 1 atom stereocenters. The lowest BCUT2D eigenvalue weighted by atomic mass is 10.1. The zero-order valence-corrected chi connectivity index (χ0v) is 21.4. The standard InChI is InChI=1S/C26H19Cl2N3O5S/c27-19-11-8-16(12-20(19)28)21(32)14-36-25(35)15-6-9-18(10-7-15)29-23(33)13-22-24(34)31-26(37-22)30-17-4-2-1-3-5-17/h1-12,22H,13-14H2,(H,29,33)(H,30,31,34). The van der Waals surface area contributed by atoms with Crippen LogP contribution in [0.3, 0.4) is 0 Å². The zero-order chi connectivity index (χ0) is 26.4. The summed E-state index contributed by atoms with van der Waals surface area (Å²) < 4.78 is 5.08. The number of para-hydroxylation sites is 1. The Morgan fingerprint density at radius 2 is 1.65 bits per heavy atom. The van der Waals surface area contributed by atoms with E-state index in [1.807, 2.05) is 30.3 Å². The van der Waals surface area contributed by atoms with Crippen molar-refractivity contribution in [3.63, 3.8) is 0 Å². The second-order valence-corrected chi connectivity index (χ2v) is 9.81. The highest BCUT2D eigenvalue weighted by molar-refractivity contribution is 8.15. The number of carbonyl (C=O) groups excluding carboxylic acids is 4. The van der Waals surface area contributed by atoms with Crippen molar-refractivity contribution < 1.29 is 23.9 Å². The number of nitrogens with one attached hydrogen (secondary N) is 2. The summed E-state index contributed by atoms with van der Waals surface area (Å²) in [6, 6.07) is 19.5. The molecule has 1 fully saturated rings. The highest BCUT2D eigenvalue weighted by Gasteiger charge is 2.32. The van der Waals surface area contributed by atoms with Crippen molar-refractivity contribution in [3.05, 3.63) is 94.0 Å². The predicted molar refractivity (Wildman–Crippen MR) is 144 cm³/mol. The maximum atomic E-state index is 12.5. The van der Waals surface area contributed by atoms with E-state index in [0.29, 0.717) is 21.6 Å². The molecule has 3 aromatic rings. The van der Waals surface area contributed by atoms with Gasteiger partial charge in [-0.15, -0.1) is 0 Å². The summed E-state index contributed by atoms with van der Waals surface area (Å²) in [6.45, 7) is -0.466. The Kier molecular flexibility index (Phi) is 8.60. The van der Waals surface area contributed by atoms with Crippen molar-refractivity contribution in [2.24, 2.45) is 4.99 Å². The van der Waals surface area contributed by atoms with Gasteiger partial charge in [0.25, 0.3) is 0 Å². The number of amides is 2. The van der Waals surface area contributed by atoms with Crippen LogP contribution in [0.4, 0.5) is 11.4 Å². The first-order valence-corrected chi connectivity index (χ1v) is 12.6. The van der Waals surface area contributed by atoms with Crippen molar-refractivity contribution in [2.45, 2.75) is 11.7 Å². The molecule has 0 bridgehead atoms. The number of benzene rings is 3. The number of anilines is 1. The molecule has 1 heterocycles. The summed E-state index contributed by atoms with van der Waals surface area (Å²) in [5.41, 5.74) is 1.61. The molecule has 2 N–H and O–H groups in total. The number of aliphatic imine (C=N–C) groups is 1. The van der Waals surface area contributed by atoms with E-state index in [9.17, 15) is 19.2 Å². The van der Waals surface area contributed by atoms with Crippen LogP contribution in [0.25, 0.3) is 0 Å². The van der Waals surface area contributed by atoms with Gasteiger partial charge in [0.2, 0.25) is 11.8 Å². The van der Waals surface area contributed by atoms with Crippen LogP contribution in [0.2, 0.25) is 10.0 Å². The van der Waals surface area contributed by atoms with Gasteiger partial charge in [-0.25, -0.2) is 9.79 Å². The van der Waals surface area contributed by atoms with Gasteiger partial charge in [0.15, 0.2) is 17.6 Å². The van der Waals surface area contributed by atoms with Gasteiger partial charge in [0.05, 0.1) is 21.3 Å². The first kappa shape index (κ1) is 26.4. The number of ether oxygens (including phenoxy) is 1. The maximum Gasteiger partial charge on any atom is 0.338 e. The van der Waals surface area contributed by atoms with E-state index in [2.05, 4.69) is 15.6 Å². The molecule has 0 radical (unpaired) electrons. The molecule has 0 aromatic heterocycles. The van der Waals surface area contributed by atoms with Gasteiger partial charge >= 0.3 is 5.97 Å². The van der Waals surface area contributed by atoms with Crippen LogP contribution in [0.5, 0.6) is 0 Å². The van der Waals surface area contributed by atoms with Crippen LogP contribution >= 0.6 is 35.0 Å². The van der Waals surface area contributed by atoms with Gasteiger partial charge in [-0.3, -0.25) is 14.4 Å². The normalized spacial score (nSPS) is 15.8. The largest absolute Gasteiger partial charge is 0.454 e. The predicted octanol–water partition coefficient (Wildman–Crippen LogP) is 5.28. The van der Waals surface area contributed by atoms with Crippen LogP contribution in [0.15, 0.2) is 77.8 Å².